The van der Waals surface area contributed by atoms with Crippen LogP contribution in [0.25, 0.3) is 0 Å². The van der Waals surface area contributed by atoms with E-state index in [2.05, 4.69) is 0 Å². The Balaban J connectivity index is 6.15. The number of rotatable bonds is 4. The third kappa shape index (κ3) is 7.16. The zero-order chi connectivity index (χ0) is 21.0. The van der Waals surface area contributed by atoms with Crippen molar-refractivity contribution in [2.24, 2.45) is 0 Å². The minimum absolute atomic E-state index is 0.445. The van der Waals surface area contributed by atoms with E-state index in [0.29, 0.717) is 10.0 Å². The van der Waals surface area contributed by atoms with E-state index in [-0.39, 0.29) is 0 Å². The van der Waals surface area contributed by atoms with Crippen LogP contribution in [0.4, 0.5) is 9.59 Å². The highest BCUT2D eigenvalue weighted by Gasteiger charge is 2.43. The van der Waals surface area contributed by atoms with Gasteiger partial charge in [-0.2, -0.15) is 10.0 Å². The highest BCUT2D eigenvalue weighted by Crippen LogP contribution is 2.20. The Hall–Kier alpha value is -2.52. The minimum Gasteiger partial charge on any atom is -0.480 e. The summed E-state index contributed by atoms with van der Waals surface area (Å²) in [4.78, 5) is 48.0. The monoisotopic (exact) mass is 376 g/mol. The molecule has 0 fully saturated rings. The van der Waals surface area contributed by atoms with Gasteiger partial charge in [0.1, 0.15) is 11.2 Å². The summed E-state index contributed by atoms with van der Waals surface area (Å²) >= 11 is 0. The quantitative estimate of drug-likeness (QED) is 0.714. The van der Waals surface area contributed by atoms with Crippen LogP contribution < -0.4 is 0 Å². The molecule has 0 aromatic carbocycles. The Morgan fingerprint density at radius 1 is 0.692 bits per heavy atom. The van der Waals surface area contributed by atoms with Crippen LogP contribution in [0.1, 0.15) is 55.4 Å². The number of aliphatic carboxylic acids is 2. The summed E-state index contributed by atoms with van der Waals surface area (Å²) < 4.78 is 10.3. The van der Waals surface area contributed by atoms with Crippen LogP contribution in [0.5, 0.6) is 0 Å². The van der Waals surface area contributed by atoms with E-state index in [1.54, 1.807) is 41.5 Å². The van der Waals surface area contributed by atoms with E-state index in [9.17, 15) is 29.4 Å². The Morgan fingerprint density at radius 3 is 1.08 bits per heavy atom. The maximum absolute atomic E-state index is 12.5. The van der Waals surface area contributed by atoms with Crippen molar-refractivity contribution in [1.29, 1.82) is 0 Å². The largest absolute Gasteiger partial charge is 0.480 e. The van der Waals surface area contributed by atoms with Gasteiger partial charge in [-0.05, 0) is 55.4 Å². The Labute approximate surface area is 152 Å². The number of hydrogen-bond donors (Lipinski definition) is 2. The van der Waals surface area contributed by atoms with E-state index < -0.39 is 47.4 Å². The fraction of sp³-hybridized carbons (Fsp3) is 0.750. The molecule has 2 amide bonds. The number of hydrogen-bond acceptors (Lipinski definition) is 6. The molecule has 0 heterocycles. The highest BCUT2D eigenvalue weighted by molar-refractivity contribution is 5.85. The van der Waals surface area contributed by atoms with Gasteiger partial charge in [-0.1, -0.05) is 0 Å². The first kappa shape index (κ1) is 23.5. The molecule has 0 unspecified atom stereocenters. The van der Waals surface area contributed by atoms with Crippen LogP contribution in [0, 0.1) is 0 Å². The van der Waals surface area contributed by atoms with Gasteiger partial charge in [-0.15, -0.1) is 0 Å². The average Bonchev–Trinajstić information content (AvgIpc) is 2.38. The Morgan fingerprint density at radius 2 is 0.923 bits per heavy atom. The van der Waals surface area contributed by atoms with Crippen LogP contribution in [0.15, 0.2) is 0 Å². The van der Waals surface area contributed by atoms with Crippen LogP contribution in [0.3, 0.4) is 0 Å². The van der Waals surface area contributed by atoms with Gasteiger partial charge in [-0.3, -0.25) is 0 Å². The van der Waals surface area contributed by atoms with Gasteiger partial charge < -0.3 is 19.7 Å². The van der Waals surface area contributed by atoms with Crippen molar-refractivity contribution >= 4 is 24.1 Å². The van der Waals surface area contributed by atoms with Gasteiger partial charge in [0.15, 0.2) is 12.1 Å². The zero-order valence-corrected chi connectivity index (χ0v) is 16.4. The fourth-order valence-electron chi connectivity index (χ4n) is 1.69. The van der Waals surface area contributed by atoms with Crippen molar-refractivity contribution in [3.8, 4) is 0 Å². The molecule has 0 radical (unpaired) electrons. The number of amides is 2. The van der Waals surface area contributed by atoms with Gasteiger partial charge in [0, 0.05) is 0 Å². The lowest BCUT2D eigenvalue weighted by atomic mass is 10.2. The number of hydrazine groups is 1. The molecular weight excluding hydrogens is 348 g/mol. The summed E-state index contributed by atoms with van der Waals surface area (Å²) in [5.41, 5.74) is -2.00. The molecule has 0 aliphatic heterocycles. The molecule has 0 aromatic rings. The summed E-state index contributed by atoms with van der Waals surface area (Å²) in [6.45, 7) is 11.5. The van der Waals surface area contributed by atoms with Gasteiger partial charge in [0.05, 0.1) is 0 Å². The number of carboxylic acid groups (broad SMARTS) is 2. The predicted octanol–water partition coefficient (Wildman–Crippen LogP) is 2.32. The summed E-state index contributed by atoms with van der Waals surface area (Å²) in [5, 5.41) is 19.5. The molecule has 2 atom stereocenters. The first-order valence-corrected chi connectivity index (χ1v) is 7.98. The summed E-state index contributed by atoms with van der Waals surface area (Å²) in [5.74, 6) is -2.91. The van der Waals surface area contributed by atoms with E-state index in [4.69, 9.17) is 9.47 Å². The number of carbonyl (C=O) groups is 4. The van der Waals surface area contributed by atoms with Crippen LogP contribution in [-0.2, 0) is 19.1 Å². The van der Waals surface area contributed by atoms with Gasteiger partial charge in [-0.25, -0.2) is 19.2 Å². The molecule has 0 saturated carbocycles. The van der Waals surface area contributed by atoms with Crippen molar-refractivity contribution in [3.63, 3.8) is 0 Å². The van der Waals surface area contributed by atoms with E-state index in [1.165, 1.54) is 0 Å². The smallest absolute Gasteiger partial charge is 0.430 e. The number of ether oxygens (including phenoxy) is 2. The normalized spacial score (nSPS) is 14.0. The predicted molar refractivity (Wildman–Crippen MR) is 90.3 cm³/mol. The SMILES string of the molecule is C[C@H](C(=O)O)N(C(=O)OC(C)(C)C)N(C(=O)OC(C)(C)C)[C@@H](C)C(=O)O. The van der Waals surface area contributed by atoms with Gasteiger partial charge in [0.2, 0.25) is 0 Å². The summed E-state index contributed by atoms with van der Waals surface area (Å²) in [6.07, 6.45) is -2.38. The molecule has 150 valence electrons. The molecule has 10 nitrogen and oxygen atoms in total. The Kier molecular flexibility index (Phi) is 7.44. The van der Waals surface area contributed by atoms with Crippen LogP contribution in [0.2, 0.25) is 0 Å². The molecule has 10 heteroatoms. The van der Waals surface area contributed by atoms with Crippen LogP contribution >= 0.6 is 0 Å². The maximum Gasteiger partial charge on any atom is 0.430 e. The topological polar surface area (TPSA) is 134 Å². The minimum atomic E-state index is -1.58. The molecular formula is C16H28N2O8. The number of carbonyl (C=O) groups excluding carboxylic acids is 2. The van der Waals surface area contributed by atoms with Crippen LogP contribution in [-0.4, -0.2) is 67.6 Å². The fourth-order valence-corrected chi connectivity index (χ4v) is 1.69. The first-order valence-electron chi connectivity index (χ1n) is 7.98. The second kappa shape index (κ2) is 8.24. The first-order chi connectivity index (χ1) is 11.5. The standard InChI is InChI=1S/C16H28N2O8/c1-9(11(19)20)17(13(23)25-15(3,4)5)18(10(2)12(21)22)14(24)26-16(6,7)8/h9-10H,1-8H3,(H,19,20)(H,21,22)/t9-,10+. The molecule has 0 bridgehead atoms. The molecule has 0 spiro atoms. The second-order valence-electron chi connectivity index (χ2n) is 7.68. The summed E-state index contributed by atoms with van der Waals surface area (Å²) in [7, 11) is 0. The number of carboxylic acids is 2. The average molecular weight is 376 g/mol. The number of nitrogens with zero attached hydrogens (tertiary/aromatic N) is 2. The third-order valence-electron chi connectivity index (χ3n) is 2.84. The molecule has 26 heavy (non-hydrogen) atoms. The third-order valence-corrected chi connectivity index (χ3v) is 2.84. The second-order valence-corrected chi connectivity index (χ2v) is 7.68. The molecule has 0 saturated heterocycles. The van der Waals surface area contributed by atoms with E-state index >= 15 is 0 Å². The molecule has 0 aromatic heterocycles. The molecule has 2 N–H and O–H groups in total. The van der Waals surface area contributed by atoms with E-state index in [1.807, 2.05) is 0 Å². The van der Waals surface area contributed by atoms with Gasteiger partial charge in [0.25, 0.3) is 0 Å². The lowest BCUT2D eigenvalue weighted by molar-refractivity contribution is -0.161. The van der Waals surface area contributed by atoms with Gasteiger partial charge >= 0.3 is 24.1 Å². The van der Waals surface area contributed by atoms with Crippen molar-refractivity contribution in [1.82, 2.24) is 10.0 Å². The zero-order valence-electron chi connectivity index (χ0n) is 16.4. The Bertz CT molecular complexity index is 512. The summed E-state index contributed by atoms with van der Waals surface area (Å²) in [6, 6.07) is -3.17. The van der Waals surface area contributed by atoms with Crippen molar-refractivity contribution in [2.75, 3.05) is 0 Å². The highest BCUT2D eigenvalue weighted by atomic mass is 16.6. The lowest BCUT2D eigenvalue weighted by Crippen LogP contribution is -2.62. The molecule has 0 rings (SSSR count). The van der Waals surface area contributed by atoms with Crippen molar-refractivity contribution < 1.29 is 38.9 Å². The van der Waals surface area contributed by atoms with Crippen molar-refractivity contribution in [2.45, 2.75) is 78.7 Å². The lowest BCUT2D eigenvalue weighted by Gasteiger charge is -2.40. The van der Waals surface area contributed by atoms with Crippen molar-refractivity contribution in [3.05, 3.63) is 0 Å². The molecule has 0 aliphatic rings. The molecule has 0 aliphatic carbocycles. The maximum atomic E-state index is 12.5. The van der Waals surface area contributed by atoms with E-state index in [0.717, 1.165) is 13.8 Å².